The maximum absolute atomic E-state index is 12.9. The molecule has 1 unspecified atom stereocenters. The van der Waals surface area contributed by atoms with E-state index >= 15 is 0 Å². The van der Waals surface area contributed by atoms with Gasteiger partial charge in [0, 0.05) is 43.5 Å². The van der Waals surface area contributed by atoms with Crippen LogP contribution in [0, 0.1) is 0 Å². The second-order valence-corrected chi connectivity index (χ2v) is 9.57. The van der Waals surface area contributed by atoms with Crippen LogP contribution in [0.5, 0.6) is 0 Å². The first-order valence-corrected chi connectivity index (χ1v) is 11.3. The first-order chi connectivity index (χ1) is 13.3. The second kappa shape index (κ2) is 8.42. The highest BCUT2D eigenvalue weighted by atomic mass is 32.2. The zero-order valence-electron chi connectivity index (χ0n) is 15.8. The third kappa shape index (κ3) is 4.43. The number of hydrogen-bond donors (Lipinski definition) is 1. The monoisotopic (exact) mass is 421 g/mol. The third-order valence-corrected chi connectivity index (χ3v) is 7.69. The Hall–Kier alpha value is -2.23. The molecule has 3 rings (SSSR count). The molecule has 0 radical (unpaired) electrons. The second-order valence-electron chi connectivity index (χ2n) is 6.65. The van der Waals surface area contributed by atoms with Gasteiger partial charge in [-0.25, -0.2) is 8.42 Å². The van der Waals surface area contributed by atoms with Gasteiger partial charge in [-0.3, -0.25) is 9.59 Å². The van der Waals surface area contributed by atoms with Crippen molar-refractivity contribution >= 4 is 33.2 Å². The van der Waals surface area contributed by atoms with Crippen LogP contribution in [-0.2, 0) is 14.8 Å². The van der Waals surface area contributed by atoms with Crippen molar-refractivity contribution in [3.63, 3.8) is 0 Å². The Morgan fingerprint density at radius 2 is 1.82 bits per heavy atom. The van der Waals surface area contributed by atoms with Gasteiger partial charge in [-0.2, -0.15) is 4.31 Å². The molecular weight excluding hydrogens is 398 g/mol. The van der Waals surface area contributed by atoms with Crippen LogP contribution in [-0.4, -0.2) is 55.6 Å². The highest BCUT2D eigenvalue weighted by Gasteiger charge is 2.29. The van der Waals surface area contributed by atoms with E-state index < -0.39 is 10.0 Å². The number of amides is 2. The van der Waals surface area contributed by atoms with E-state index in [1.807, 2.05) is 24.4 Å². The number of carbonyl (C=O) groups excluding carboxylic acids is 2. The molecule has 7 nitrogen and oxygen atoms in total. The molecule has 0 bridgehead atoms. The first-order valence-electron chi connectivity index (χ1n) is 8.99. The Balaban J connectivity index is 1.73. The van der Waals surface area contributed by atoms with Crippen molar-refractivity contribution in [2.24, 2.45) is 0 Å². The summed E-state index contributed by atoms with van der Waals surface area (Å²) in [5.74, 6) is -0.380. The molecule has 1 aliphatic heterocycles. The lowest BCUT2D eigenvalue weighted by molar-refractivity contribution is -0.129. The molecule has 1 atom stereocenters. The van der Waals surface area contributed by atoms with Gasteiger partial charge in [-0.1, -0.05) is 12.1 Å². The first kappa shape index (κ1) is 20.5. The number of nitrogens with zero attached hydrogens (tertiary/aromatic N) is 2. The molecule has 2 heterocycles. The topological polar surface area (TPSA) is 86.8 Å². The Bertz CT molecular complexity index is 949. The lowest BCUT2D eigenvalue weighted by Gasteiger charge is -2.33. The minimum atomic E-state index is -3.72. The lowest BCUT2D eigenvalue weighted by atomic mass is 10.2. The van der Waals surface area contributed by atoms with Gasteiger partial charge in [0.05, 0.1) is 10.9 Å². The van der Waals surface area contributed by atoms with Gasteiger partial charge in [0.25, 0.3) is 5.91 Å². The molecule has 0 spiro atoms. The smallest absolute Gasteiger partial charge is 0.251 e. The van der Waals surface area contributed by atoms with Gasteiger partial charge in [-0.15, -0.1) is 11.3 Å². The summed E-state index contributed by atoms with van der Waals surface area (Å²) in [5.41, 5.74) is 0.298. The standard InChI is InChI=1S/C19H23N3O4S2/c1-14(18-7-4-12-27-18)20-19(24)16-5-3-6-17(13-16)28(25,26)22-10-8-21(9-11-22)15(2)23/h3-7,12-14H,8-11H2,1-2H3,(H,20,24). The highest BCUT2D eigenvalue weighted by Crippen LogP contribution is 2.21. The quantitative estimate of drug-likeness (QED) is 0.801. The van der Waals surface area contributed by atoms with Crippen LogP contribution >= 0.6 is 11.3 Å². The molecular formula is C19H23N3O4S2. The number of thiophene rings is 1. The fourth-order valence-electron chi connectivity index (χ4n) is 3.08. The molecule has 2 aromatic rings. The van der Waals surface area contributed by atoms with Crippen LogP contribution in [0.4, 0.5) is 0 Å². The Kier molecular flexibility index (Phi) is 6.17. The predicted molar refractivity (Wildman–Crippen MR) is 108 cm³/mol. The summed E-state index contributed by atoms with van der Waals surface area (Å²) in [6.45, 7) is 4.59. The largest absolute Gasteiger partial charge is 0.345 e. The number of rotatable bonds is 5. The summed E-state index contributed by atoms with van der Waals surface area (Å²) >= 11 is 1.55. The average molecular weight is 422 g/mol. The summed E-state index contributed by atoms with van der Waals surface area (Å²) in [7, 11) is -3.72. The number of piperazine rings is 1. The van der Waals surface area contributed by atoms with E-state index in [2.05, 4.69) is 5.32 Å². The lowest BCUT2D eigenvalue weighted by Crippen LogP contribution is -2.49. The van der Waals surface area contributed by atoms with Crippen LogP contribution in [0.3, 0.4) is 0 Å². The molecule has 1 aliphatic rings. The number of hydrogen-bond acceptors (Lipinski definition) is 5. The molecule has 9 heteroatoms. The maximum atomic E-state index is 12.9. The Morgan fingerprint density at radius 1 is 1.11 bits per heavy atom. The molecule has 1 N–H and O–H groups in total. The number of sulfonamides is 1. The molecule has 150 valence electrons. The Labute approximate surface area is 169 Å². The van der Waals surface area contributed by atoms with Crippen molar-refractivity contribution in [1.82, 2.24) is 14.5 Å². The minimum Gasteiger partial charge on any atom is -0.345 e. The summed E-state index contributed by atoms with van der Waals surface area (Å²) < 4.78 is 27.2. The van der Waals surface area contributed by atoms with Crippen molar-refractivity contribution in [3.8, 4) is 0 Å². The van der Waals surface area contributed by atoms with Gasteiger partial charge in [0.1, 0.15) is 0 Å². The highest BCUT2D eigenvalue weighted by molar-refractivity contribution is 7.89. The molecule has 1 saturated heterocycles. The van der Waals surface area contributed by atoms with Crippen LogP contribution < -0.4 is 5.32 Å². The molecule has 1 aromatic heterocycles. The van der Waals surface area contributed by atoms with Crippen LogP contribution in [0.1, 0.15) is 35.1 Å². The van der Waals surface area contributed by atoms with Gasteiger partial charge in [0.15, 0.2) is 0 Å². The van der Waals surface area contributed by atoms with Crippen LogP contribution in [0.2, 0.25) is 0 Å². The molecule has 0 aliphatic carbocycles. The average Bonchev–Trinajstić information content (AvgIpc) is 3.23. The van der Waals surface area contributed by atoms with E-state index in [0.717, 1.165) is 4.88 Å². The number of nitrogens with one attached hydrogen (secondary N) is 1. The van der Waals surface area contributed by atoms with Gasteiger partial charge >= 0.3 is 0 Å². The fraction of sp³-hybridized carbons (Fsp3) is 0.368. The molecule has 1 fully saturated rings. The van der Waals surface area contributed by atoms with Gasteiger partial charge < -0.3 is 10.2 Å². The molecule has 28 heavy (non-hydrogen) atoms. The number of carbonyl (C=O) groups is 2. The van der Waals surface area contributed by atoms with E-state index in [1.54, 1.807) is 28.4 Å². The van der Waals surface area contributed by atoms with E-state index in [9.17, 15) is 18.0 Å². The van der Waals surface area contributed by atoms with Gasteiger partial charge in [0.2, 0.25) is 15.9 Å². The van der Waals surface area contributed by atoms with E-state index in [-0.39, 0.29) is 35.8 Å². The Morgan fingerprint density at radius 3 is 2.43 bits per heavy atom. The number of benzene rings is 1. The maximum Gasteiger partial charge on any atom is 0.251 e. The van der Waals surface area contributed by atoms with Crippen molar-refractivity contribution in [2.45, 2.75) is 24.8 Å². The minimum absolute atomic E-state index is 0.0597. The zero-order valence-corrected chi connectivity index (χ0v) is 17.4. The van der Waals surface area contributed by atoms with E-state index in [4.69, 9.17) is 0 Å². The molecule has 2 amide bonds. The van der Waals surface area contributed by atoms with E-state index in [0.29, 0.717) is 18.7 Å². The predicted octanol–water partition coefficient (Wildman–Crippen LogP) is 2.09. The van der Waals surface area contributed by atoms with Crippen molar-refractivity contribution in [2.75, 3.05) is 26.2 Å². The summed E-state index contributed by atoms with van der Waals surface area (Å²) in [6.07, 6.45) is 0. The van der Waals surface area contributed by atoms with Crippen molar-refractivity contribution in [1.29, 1.82) is 0 Å². The zero-order chi connectivity index (χ0) is 20.3. The molecule has 0 saturated carbocycles. The molecule has 1 aromatic carbocycles. The summed E-state index contributed by atoms with van der Waals surface area (Å²) in [6, 6.07) is 9.77. The van der Waals surface area contributed by atoms with Crippen LogP contribution in [0.25, 0.3) is 0 Å². The van der Waals surface area contributed by atoms with Crippen molar-refractivity contribution in [3.05, 3.63) is 52.2 Å². The SMILES string of the molecule is CC(=O)N1CCN(S(=O)(=O)c2cccc(C(=O)NC(C)c3cccs3)c2)CC1. The third-order valence-electron chi connectivity index (χ3n) is 4.74. The summed E-state index contributed by atoms with van der Waals surface area (Å²) in [4.78, 5) is 26.7. The summed E-state index contributed by atoms with van der Waals surface area (Å²) in [5, 5.41) is 4.84. The van der Waals surface area contributed by atoms with E-state index in [1.165, 1.54) is 23.4 Å². The fourth-order valence-corrected chi connectivity index (χ4v) is 5.28. The van der Waals surface area contributed by atoms with Crippen LogP contribution in [0.15, 0.2) is 46.7 Å². The van der Waals surface area contributed by atoms with Crippen molar-refractivity contribution < 1.29 is 18.0 Å². The normalized spacial score (nSPS) is 16.6. The van der Waals surface area contributed by atoms with Gasteiger partial charge in [-0.05, 0) is 36.6 Å².